The molecule has 14 heteroatoms. The largest absolute Gasteiger partial charge is 0.363 e. The lowest BCUT2D eigenvalue weighted by Gasteiger charge is -2.50. The van der Waals surface area contributed by atoms with Crippen molar-refractivity contribution in [3.8, 4) is 0 Å². The van der Waals surface area contributed by atoms with Crippen LogP contribution in [-0.4, -0.2) is 98.4 Å². The van der Waals surface area contributed by atoms with Crippen LogP contribution in [0.2, 0.25) is 0 Å². The SMILES string of the molecule is CCN1CCN(P(=O)(Cl)OC[C@@H]2CN(C(c3ccccc3)(c3ccccc3)c3ccccc3)C[C@H](n3cnc4c(NC(=O)c5ccccc5)ncnc43)O2)CC1. The van der Waals surface area contributed by atoms with E-state index in [9.17, 15) is 9.36 Å². The summed E-state index contributed by atoms with van der Waals surface area (Å²) in [5, 5.41) is 2.91. The lowest BCUT2D eigenvalue weighted by atomic mass is 9.75. The van der Waals surface area contributed by atoms with E-state index in [0.717, 1.165) is 36.3 Å². The number of ether oxygens (including phenoxy) is 1. The first-order valence-electron chi connectivity index (χ1n) is 18.9. The number of carbonyl (C=O) groups is 1. The van der Waals surface area contributed by atoms with Crippen LogP contribution < -0.4 is 5.32 Å². The van der Waals surface area contributed by atoms with Gasteiger partial charge in [0.25, 0.3) is 5.91 Å². The van der Waals surface area contributed by atoms with Crippen LogP contribution in [-0.2, 0) is 19.4 Å². The van der Waals surface area contributed by atoms with E-state index < -0.39 is 24.7 Å². The predicted molar refractivity (Wildman–Crippen MR) is 218 cm³/mol. The third-order valence-corrected chi connectivity index (χ3v) is 13.2. The molecule has 1 N–H and O–H groups in total. The highest BCUT2D eigenvalue weighted by Gasteiger charge is 2.47. The average Bonchev–Trinajstić information content (AvgIpc) is 3.70. The first-order chi connectivity index (χ1) is 27.4. The number of amides is 1. The second-order valence-corrected chi connectivity index (χ2v) is 16.9. The Morgan fingerprint density at radius 2 is 1.39 bits per heavy atom. The third-order valence-electron chi connectivity index (χ3n) is 10.7. The Labute approximate surface area is 331 Å². The first-order valence-corrected chi connectivity index (χ1v) is 21.4. The third kappa shape index (κ3) is 7.66. The molecule has 2 aromatic heterocycles. The van der Waals surface area contributed by atoms with Gasteiger partial charge in [0.15, 0.2) is 17.0 Å². The van der Waals surface area contributed by atoms with Crippen LogP contribution in [0, 0.1) is 0 Å². The molecule has 0 saturated carbocycles. The highest BCUT2D eigenvalue weighted by Crippen LogP contribution is 2.56. The molecule has 2 saturated heterocycles. The molecule has 1 unspecified atom stereocenters. The van der Waals surface area contributed by atoms with Crippen molar-refractivity contribution in [1.29, 1.82) is 0 Å². The molecule has 1 amide bonds. The molecule has 0 bridgehead atoms. The van der Waals surface area contributed by atoms with Gasteiger partial charge in [0.1, 0.15) is 12.6 Å². The molecule has 8 rings (SSSR count). The number of carbonyl (C=O) groups excluding carboxylic acids is 1. The van der Waals surface area contributed by atoms with Gasteiger partial charge in [0.2, 0.25) is 0 Å². The van der Waals surface area contributed by atoms with E-state index >= 15 is 0 Å². The van der Waals surface area contributed by atoms with Gasteiger partial charge in [-0.15, -0.1) is 0 Å². The molecule has 0 aliphatic carbocycles. The number of aromatic nitrogens is 4. The number of halogens is 1. The van der Waals surface area contributed by atoms with Crippen molar-refractivity contribution in [2.45, 2.75) is 24.8 Å². The predicted octanol–water partition coefficient (Wildman–Crippen LogP) is 7.27. The topological polar surface area (TPSA) is 118 Å². The van der Waals surface area contributed by atoms with Crippen molar-refractivity contribution in [1.82, 2.24) is 34.0 Å². The lowest BCUT2D eigenvalue weighted by Crippen LogP contribution is -2.57. The molecule has 3 atom stereocenters. The van der Waals surface area contributed by atoms with Crippen molar-refractivity contribution in [2.24, 2.45) is 0 Å². The molecule has 288 valence electrons. The fraction of sp³-hybridized carbons (Fsp3) is 0.286. The Kier molecular flexibility index (Phi) is 11.4. The van der Waals surface area contributed by atoms with Gasteiger partial charge in [-0.25, -0.2) is 19.6 Å². The number of nitrogens with zero attached hydrogens (tertiary/aromatic N) is 7. The molecule has 4 heterocycles. The van der Waals surface area contributed by atoms with E-state index in [-0.39, 0.29) is 18.3 Å². The Morgan fingerprint density at radius 1 is 0.821 bits per heavy atom. The van der Waals surface area contributed by atoms with Crippen LogP contribution in [0.1, 0.15) is 40.2 Å². The van der Waals surface area contributed by atoms with E-state index in [1.54, 1.807) is 35.3 Å². The number of benzene rings is 4. The maximum atomic E-state index is 14.0. The van der Waals surface area contributed by atoms with E-state index in [0.29, 0.717) is 42.9 Å². The summed E-state index contributed by atoms with van der Waals surface area (Å²) in [6.45, 7) is 2.81. The fourth-order valence-electron chi connectivity index (χ4n) is 7.89. The molecule has 4 aromatic carbocycles. The van der Waals surface area contributed by atoms with Gasteiger partial charge in [-0.3, -0.25) is 18.8 Å². The zero-order valence-electron chi connectivity index (χ0n) is 31.1. The van der Waals surface area contributed by atoms with Gasteiger partial charge in [-0.2, -0.15) is 0 Å². The van der Waals surface area contributed by atoms with Crippen molar-refractivity contribution < 1.29 is 18.6 Å². The summed E-state index contributed by atoms with van der Waals surface area (Å²) < 4.78 is 30.7. The molecule has 2 fully saturated rings. The van der Waals surface area contributed by atoms with Crippen molar-refractivity contribution in [3.05, 3.63) is 156 Å². The quantitative estimate of drug-likeness (QED) is 0.100. The summed E-state index contributed by atoms with van der Waals surface area (Å²) in [5.41, 5.74) is 3.81. The highest BCUT2D eigenvalue weighted by molar-refractivity contribution is 7.83. The maximum Gasteiger partial charge on any atom is 0.363 e. The van der Waals surface area contributed by atoms with E-state index in [4.69, 9.17) is 25.5 Å². The van der Waals surface area contributed by atoms with Gasteiger partial charge in [-0.05, 0) is 46.6 Å². The number of hydrogen-bond donors (Lipinski definition) is 1. The van der Waals surface area contributed by atoms with Gasteiger partial charge >= 0.3 is 6.87 Å². The van der Waals surface area contributed by atoms with Crippen LogP contribution in [0.3, 0.4) is 0 Å². The summed E-state index contributed by atoms with van der Waals surface area (Å²) in [4.78, 5) is 31.6. The number of hydrogen-bond acceptors (Lipinski definition) is 9. The Morgan fingerprint density at radius 3 is 1.96 bits per heavy atom. The minimum atomic E-state index is -3.67. The summed E-state index contributed by atoms with van der Waals surface area (Å²) in [6.07, 6.45) is 1.85. The maximum absolute atomic E-state index is 14.0. The first kappa shape index (κ1) is 38.1. The Balaban J connectivity index is 1.19. The molecule has 2 aliphatic heterocycles. The van der Waals surface area contributed by atoms with Crippen LogP contribution in [0.5, 0.6) is 0 Å². The molecule has 6 aromatic rings. The highest BCUT2D eigenvalue weighted by atomic mass is 35.7. The van der Waals surface area contributed by atoms with Crippen LogP contribution >= 0.6 is 18.1 Å². The monoisotopic (exact) mass is 790 g/mol. The molecule has 56 heavy (non-hydrogen) atoms. The number of piperazine rings is 1. The minimum Gasteiger partial charge on any atom is -0.350 e. The zero-order valence-corrected chi connectivity index (χ0v) is 32.8. The number of fused-ring (bicyclic) bond motifs is 1. The van der Waals surface area contributed by atoms with Crippen LogP contribution in [0.15, 0.2) is 134 Å². The van der Waals surface area contributed by atoms with Gasteiger partial charge in [0, 0.05) is 44.8 Å². The molecular weight excluding hydrogens is 747 g/mol. The molecule has 2 aliphatic rings. The standard InChI is InChI=1S/C42H44ClN8O4P/c1-2-48-23-25-50(26-24-48)56(43,53)54-29-36-27-49(42(33-17-9-4-10-18-33,34-19-11-5-12-20-34)35-21-13-6-14-22-35)28-37(55-36)51-31-46-38-39(44-30-45-40(38)51)47-41(52)32-15-7-3-8-16-32/h3-22,30-31,36-37H,2,23-29H2,1H3,(H,44,45,47,52)/t36-,37+,56?/m0/s1. The second-order valence-electron chi connectivity index (χ2n) is 13.9. The number of nitrogens with one attached hydrogen (secondary N) is 1. The normalized spacial score (nSPS) is 19.8. The van der Waals surface area contributed by atoms with Crippen LogP contribution in [0.4, 0.5) is 5.82 Å². The lowest BCUT2D eigenvalue weighted by molar-refractivity contribution is -0.145. The van der Waals surface area contributed by atoms with E-state index in [2.05, 4.69) is 105 Å². The van der Waals surface area contributed by atoms with Crippen molar-refractivity contribution >= 4 is 41.0 Å². The zero-order chi connectivity index (χ0) is 38.5. The number of rotatable bonds is 12. The summed E-state index contributed by atoms with van der Waals surface area (Å²) in [6, 6.07) is 40.3. The number of likely N-dealkylation sites (N-methyl/N-ethyl adjacent to an activating group) is 1. The number of anilines is 1. The Bertz CT molecular complexity index is 2180. The second kappa shape index (κ2) is 16.8. The summed E-state index contributed by atoms with van der Waals surface area (Å²) in [7, 11) is 0. The summed E-state index contributed by atoms with van der Waals surface area (Å²) in [5.74, 6) is -0.0222. The minimum absolute atomic E-state index is 0.0176. The van der Waals surface area contributed by atoms with Gasteiger partial charge in [-0.1, -0.05) is 116 Å². The van der Waals surface area contributed by atoms with Gasteiger partial charge in [0.05, 0.1) is 24.6 Å². The van der Waals surface area contributed by atoms with Crippen molar-refractivity contribution in [2.75, 3.05) is 57.7 Å². The number of imidazole rings is 1. The fourth-order valence-corrected chi connectivity index (χ4v) is 9.69. The molecule has 0 spiro atoms. The van der Waals surface area contributed by atoms with Gasteiger partial charge < -0.3 is 19.5 Å². The van der Waals surface area contributed by atoms with E-state index in [1.165, 1.54) is 6.33 Å². The average molecular weight is 791 g/mol. The smallest absolute Gasteiger partial charge is 0.350 e. The van der Waals surface area contributed by atoms with Crippen molar-refractivity contribution in [3.63, 3.8) is 0 Å². The van der Waals surface area contributed by atoms with Crippen LogP contribution in [0.25, 0.3) is 11.2 Å². The molecular formula is C42H44ClN8O4P. The van der Waals surface area contributed by atoms with E-state index in [1.807, 2.05) is 28.8 Å². The Hall–Kier alpha value is -4.78. The summed E-state index contributed by atoms with van der Waals surface area (Å²) >= 11 is 6.76. The number of morpholine rings is 1. The molecule has 12 nitrogen and oxygen atoms in total. The molecule has 0 radical (unpaired) electrons.